The Labute approximate surface area is 130 Å². The average molecular weight is 325 g/mol. The van der Waals surface area contributed by atoms with Crippen LogP contribution < -0.4 is 14.2 Å². The summed E-state index contributed by atoms with van der Waals surface area (Å²) < 4.78 is 42.9. The highest BCUT2D eigenvalue weighted by Crippen LogP contribution is 2.28. The molecule has 0 fully saturated rings. The third-order valence-corrected chi connectivity index (χ3v) is 4.75. The van der Waals surface area contributed by atoms with Gasteiger partial charge >= 0.3 is 0 Å². The molecule has 6 nitrogen and oxygen atoms in total. The van der Waals surface area contributed by atoms with Crippen LogP contribution in [0.1, 0.15) is 12.5 Å². The van der Waals surface area contributed by atoms with Crippen molar-refractivity contribution in [3.8, 4) is 11.5 Å². The SMILES string of the molecule is COc1ccc(OC)c(S(=O)(=O)NC(C)Cc2ccoc2)c1. The van der Waals surface area contributed by atoms with E-state index in [9.17, 15) is 8.42 Å². The van der Waals surface area contributed by atoms with Gasteiger partial charge in [0.25, 0.3) is 0 Å². The number of benzene rings is 1. The maximum Gasteiger partial charge on any atom is 0.244 e. The van der Waals surface area contributed by atoms with E-state index in [1.165, 1.54) is 20.3 Å². The van der Waals surface area contributed by atoms with Crippen molar-refractivity contribution >= 4 is 10.0 Å². The molecular weight excluding hydrogens is 306 g/mol. The molecule has 1 atom stereocenters. The average Bonchev–Trinajstić information content (AvgIpc) is 2.98. The molecule has 0 saturated carbocycles. The molecule has 1 heterocycles. The van der Waals surface area contributed by atoms with Gasteiger partial charge in [0.15, 0.2) is 0 Å². The van der Waals surface area contributed by atoms with Gasteiger partial charge in [0.1, 0.15) is 16.4 Å². The van der Waals surface area contributed by atoms with Crippen molar-refractivity contribution in [3.05, 3.63) is 42.4 Å². The molecule has 0 saturated heterocycles. The van der Waals surface area contributed by atoms with E-state index in [2.05, 4.69) is 4.72 Å². The molecule has 1 unspecified atom stereocenters. The van der Waals surface area contributed by atoms with Crippen LogP contribution >= 0.6 is 0 Å². The molecule has 0 spiro atoms. The van der Waals surface area contributed by atoms with E-state index in [4.69, 9.17) is 13.9 Å². The molecule has 1 aromatic heterocycles. The molecule has 2 aromatic rings. The summed E-state index contributed by atoms with van der Waals surface area (Å²) in [4.78, 5) is 0.0494. The first-order valence-corrected chi connectivity index (χ1v) is 8.20. The van der Waals surface area contributed by atoms with Gasteiger partial charge in [-0.3, -0.25) is 0 Å². The van der Waals surface area contributed by atoms with Crippen molar-refractivity contribution in [2.45, 2.75) is 24.3 Å². The summed E-state index contributed by atoms with van der Waals surface area (Å²) in [6.07, 6.45) is 3.68. The van der Waals surface area contributed by atoms with E-state index in [-0.39, 0.29) is 16.7 Å². The van der Waals surface area contributed by atoms with Crippen LogP contribution in [-0.4, -0.2) is 28.7 Å². The molecule has 0 aliphatic carbocycles. The fourth-order valence-electron chi connectivity index (χ4n) is 2.13. The van der Waals surface area contributed by atoms with Gasteiger partial charge in [-0.05, 0) is 37.1 Å². The molecule has 0 amide bonds. The minimum absolute atomic E-state index is 0.0494. The van der Waals surface area contributed by atoms with Crippen molar-refractivity contribution in [1.82, 2.24) is 4.72 Å². The number of rotatable bonds is 7. The van der Waals surface area contributed by atoms with E-state index in [0.717, 1.165) is 5.56 Å². The van der Waals surface area contributed by atoms with Crippen LogP contribution in [0.25, 0.3) is 0 Å². The van der Waals surface area contributed by atoms with Gasteiger partial charge in [-0.15, -0.1) is 0 Å². The van der Waals surface area contributed by atoms with Gasteiger partial charge in [-0.25, -0.2) is 13.1 Å². The quantitative estimate of drug-likeness (QED) is 0.844. The predicted molar refractivity (Wildman–Crippen MR) is 81.7 cm³/mol. The molecular formula is C15H19NO5S. The van der Waals surface area contributed by atoms with Gasteiger partial charge in [0, 0.05) is 12.1 Å². The summed E-state index contributed by atoms with van der Waals surface area (Å²) in [5, 5.41) is 0. The molecule has 0 aliphatic heterocycles. The van der Waals surface area contributed by atoms with E-state index < -0.39 is 10.0 Å². The van der Waals surface area contributed by atoms with Crippen LogP contribution in [0.5, 0.6) is 11.5 Å². The monoisotopic (exact) mass is 325 g/mol. The van der Waals surface area contributed by atoms with Gasteiger partial charge in [0.05, 0.1) is 26.7 Å². The lowest BCUT2D eigenvalue weighted by Gasteiger charge is -2.16. The summed E-state index contributed by atoms with van der Waals surface area (Å²) in [5.41, 5.74) is 0.924. The molecule has 120 valence electrons. The zero-order valence-electron chi connectivity index (χ0n) is 12.7. The second-order valence-corrected chi connectivity index (χ2v) is 6.56. The zero-order chi connectivity index (χ0) is 16.2. The third-order valence-electron chi connectivity index (χ3n) is 3.14. The van der Waals surface area contributed by atoms with Crippen LogP contribution in [0.15, 0.2) is 46.1 Å². The minimum atomic E-state index is -3.72. The predicted octanol–water partition coefficient (Wildman–Crippen LogP) is 2.21. The smallest absolute Gasteiger partial charge is 0.244 e. The van der Waals surface area contributed by atoms with Crippen LogP contribution in [-0.2, 0) is 16.4 Å². The number of sulfonamides is 1. The molecule has 1 N–H and O–H groups in total. The number of nitrogens with one attached hydrogen (secondary N) is 1. The van der Waals surface area contributed by atoms with E-state index >= 15 is 0 Å². The molecule has 0 aliphatic rings. The Morgan fingerprint density at radius 3 is 2.59 bits per heavy atom. The molecule has 0 radical (unpaired) electrons. The minimum Gasteiger partial charge on any atom is -0.497 e. The third kappa shape index (κ3) is 3.80. The van der Waals surface area contributed by atoms with Crippen LogP contribution in [0, 0.1) is 0 Å². The number of furan rings is 1. The van der Waals surface area contributed by atoms with Crippen molar-refractivity contribution in [1.29, 1.82) is 0 Å². The topological polar surface area (TPSA) is 77.8 Å². The lowest BCUT2D eigenvalue weighted by atomic mass is 10.1. The van der Waals surface area contributed by atoms with E-state index in [0.29, 0.717) is 12.2 Å². The van der Waals surface area contributed by atoms with Gasteiger partial charge < -0.3 is 13.9 Å². The molecule has 22 heavy (non-hydrogen) atoms. The Morgan fingerprint density at radius 2 is 2.00 bits per heavy atom. The van der Waals surface area contributed by atoms with Crippen molar-refractivity contribution in [2.24, 2.45) is 0 Å². The zero-order valence-corrected chi connectivity index (χ0v) is 13.5. The Morgan fingerprint density at radius 1 is 1.23 bits per heavy atom. The molecule has 2 rings (SSSR count). The molecule has 7 heteroatoms. The van der Waals surface area contributed by atoms with Crippen LogP contribution in [0.2, 0.25) is 0 Å². The summed E-state index contributed by atoms with van der Waals surface area (Å²) in [7, 11) is -0.818. The van der Waals surface area contributed by atoms with Crippen molar-refractivity contribution in [3.63, 3.8) is 0 Å². The first-order valence-electron chi connectivity index (χ1n) is 6.71. The Balaban J connectivity index is 2.22. The highest BCUT2D eigenvalue weighted by atomic mass is 32.2. The highest BCUT2D eigenvalue weighted by Gasteiger charge is 2.22. The maximum atomic E-state index is 12.5. The second-order valence-electron chi connectivity index (χ2n) is 4.87. The van der Waals surface area contributed by atoms with E-state index in [1.54, 1.807) is 37.6 Å². The normalized spacial score (nSPS) is 12.9. The fourth-order valence-corrected chi connectivity index (χ4v) is 3.55. The van der Waals surface area contributed by atoms with Crippen molar-refractivity contribution < 1.29 is 22.3 Å². The first-order chi connectivity index (χ1) is 10.5. The lowest BCUT2D eigenvalue weighted by Crippen LogP contribution is -2.34. The highest BCUT2D eigenvalue weighted by molar-refractivity contribution is 7.89. The second kappa shape index (κ2) is 6.85. The van der Waals surface area contributed by atoms with Crippen LogP contribution in [0.4, 0.5) is 0 Å². The molecule has 1 aromatic carbocycles. The number of hydrogen-bond acceptors (Lipinski definition) is 5. The Bertz CT molecular complexity index is 710. The summed E-state index contributed by atoms with van der Waals surface area (Å²) in [6.45, 7) is 1.79. The number of hydrogen-bond donors (Lipinski definition) is 1. The number of ether oxygens (including phenoxy) is 2. The number of methoxy groups -OCH3 is 2. The van der Waals surface area contributed by atoms with Gasteiger partial charge in [-0.1, -0.05) is 0 Å². The first kappa shape index (κ1) is 16.4. The Hall–Kier alpha value is -1.99. The standard InChI is InChI=1S/C15H19NO5S/c1-11(8-12-6-7-21-10-12)16-22(17,18)15-9-13(19-2)4-5-14(15)20-3/h4-7,9-11,16H,8H2,1-3H3. The van der Waals surface area contributed by atoms with Gasteiger partial charge in [-0.2, -0.15) is 0 Å². The summed E-state index contributed by atoms with van der Waals surface area (Å²) in [6, 6.07) is 6.15. The summed E-state index contributed by atoms with van der Waals surface area (Å²) >= 11 is 0. The fraction of sp³-hybridized carbons (Fsp3) is 0.333. The Kier molecular flexibility index (Phi) is 5.10. The largest absolute Gasteiger partial charge is 0.497 e. The van der Waals surface area contributed by atoms with Gasteiger partial charge in [0.2, 0.25) is 10.0 Å². The molecule has 0 bridgehead atoms. The van der Waals surface area contributed by atoms with Crippen molar-refractivity contribution in [2.75, 3.05) is 14.2 Å². The van der Waals surface area contributed by atoms with Crippen LogP contribution in [0.3, 0.4) is 0 Å². The van der Waals surface area contributed by atoms with E-state index in [1.807, 2.05) is 0 Å². The summed E-state index contributed by atoms with van der Waals surface area (Å²) in [5.74, 6) is 0.715. The lowest BCUT2D eigenvalue weighted by molar-refractivity contribution is 0.391. The maximum absolute atomic E-state index is 12.5.